The summed E-state index contributed by atoms with van der Waals surface area (Å²) in [6.07, 6.45) is 4.18. The minimum absolute atomic E-state index is 0.0215. The van der Waals surface area contributed by atoms with Crippen LogP contribution in [-0.2, 0) is 7.05 Å². The van der Waals surface area contributed by atoms with E-state index in [0.29, 0.717) is 12.0 Å². The predicted octanol–water partition coefficient (Wildman–Crippen LogP) is 3.44. The van der Waals surface area contributed by atoms with Gasteiger partial charge in [-0.2, -0.15) is 0 Å². The standard InChI is InChI=1S/C17H20N2O/c1-12-7-9-16(15-6-4-3-5-14(12)15)18-13-8-10-17(20)19(2)11-13/h3-6,8,10-12,16,18H,7,9H2,1-2H3. The van der Waals surface area contributed by atoms with Crippen LogP contribution in [0.1, 0.15) is 42.9 Å². The number of fused-ring (bicyclic) bond motifs is 1. The molecule has 1 aromatic carbocycles. The van der Waals surface area contributed by atoms with Gasteiger partial charge in [0.05, 0.1) is 11.7 Å². The van der Waals surface area contributed by atoms with Crippen LogP contribution in [-0.4, -0.2) is 4.57 Å². The molecule has 0 fully saturated rings. The summed E-state index contributed by atoms with van der Waals surface area (Å²) in [5, 5.41) is 3.57. The van der Waals surface area contributed by atoms with Crippen LogP contribution in [0.3, 0.4) is 0 Å². The molecule has 20 heavy (non-hydrogen) atoms. The third kappa shape index (κ3) is 2.36. The minimum Gasteiger partial charge on any atom is -0.377 e. The van der Waals surface area contributed by atoms with Crippen LogP contribution in [0, 0.1) is 0 Å². The van der Waals surface area contributed by atoms with Crippen molar-refractivity contribution < 1.29 is 0 Å². The van der Waals surface area contributed by atoms with Crippen molar-refractivity contribution in [3.63, 3.8) is 0 Å². The van der Waals surface area contributed by atoms with Gasteiger partial charge < -0.3 is 9.88 Å². The zero-order valence-electron chi connectivity index (χ0n) is 12.0. The average molecular weight is 268 g/mol. The molecule has 0 amide bonds. The van der Waals surface area contributed by atoms with E-state index in [9.17, 15) is 4.79 Å². The molecule has 2 unspecified atom stereocenters. The fourth-order valence-electron chi connectivity index (χ4n) is 3.04. The summed E-state index contributed by atoms with van der Waals surface area (Å²) < 4.78 is 1.61. The van der Waals surface area contributed by atoms with Crippen LogP contribution in [0.15, 0.2) is 47.4 Å². The Kier molecular flexibility index (Phi) is 3.35. The molecular formula is C17H20N2O. The number of pyridine rings is 1. The zero-order valence-corrected chi connectivity index (χ0v) is 12.0. The third-order valence-corrected chi connectivity index (χ3v) is 4.22. The summed E-state index contributed by atoms with van der Waals surface area (Å²) in [5.74, 6) is 0.629. The second-order valence-electron chi connectivity index (χ2n) is 5.67. The molecule has 0 aliphatic heterocycles. The molecule has 1 aromatic heterocycles. The Morgan fingerprint density at radius 1 is 1.10 bits per heavy atom. The Morgan fingerprint density at radius 3 is 2.60 bits per heavy atom. The van der Waals surface area contributed by atoms with E-state index in [4.69, 9.17) is 0 Å². The molecule has 0 saturated carbocycles. The van der Waals surface area contributed by atoms with Gasteiger partial charge in [0.2, 0.25) is 5.56 Å². The monoisotopic (exact) mass is 268 g/mol. The highest BCUT2D eigenvalue weighted by Crippen LogP contribution is 2.38. The highest BCUT2D eigenvalue weighted by Gasteiger charge is 2.24. The number of aryl methyl sites for hydroxylation is 1. The van der Waals surface area contributed by atoms with E-state index < -0.39 is 0 Å². The minimum atomic E-state index is 0.0215. The summed E-state index contributed by atoms with van der Waals surface area (Å²) in [5.41, 5.74) is 3.86. The van der Waals surface area contributed by atoms with Gasteiger partial charge in [0.1, 0.15) is 0 Å². The highest BCUT2D eigenvalue weighted by atomic mass is 16.1. The van der Waals surface area contributed by atoms with Crippen molar-refractivity contribution in [2.45, 2.75) is 31.7 Å². The molecule has 3 heteroatoms. The SMILES string of the molecule is CC1CCC(Nc2ccc(=O)n(C)c2)c2ccccc21. The Bertz CT molecular complexity index is 675. The van der Waals surface area contributed by atoms with Gasteiger partial charge in [-0.25, -0.2) is 0 Å². The van der Waals surface area contributed by atoms with Crippen molar-refractivity contribution in [3.8, 4) is 0 Å². The second-order valence-corrected chi connectivity index (χ2v) is 5.67. The van der Waals surface area contributed by atoms with E-state index in [1.54, 1.807) is 17.7 Å². The molecule has 0 radical (unpaired) electrons. The first-order valence-electron chi connectivity index (χ1n) is 7.17. The second kappa shape index (κ2) is 5.16. The fourth-order valence-corrected chi connectivity index (χ4v) is 3.04. The molecular weight excluding hydrogens is 248 g/mol. The predicted molar refractivity (Wildman–Crippen MR) is 82.1 cm³/mol. The number of nitrogens with zero attached hydrogens (tertiary/aromatic N) is 1. The topological polar surface area (TPSA) is 34.0 Å². The van der Waals surface area contributed by atoms with Gasteiger partial charge in [0.25, 0.3) is 0 Å². The smallest absolute Gasteiger partial charge is 0.250 e. The lowest BCUT2D eigenvalue weighted by Crippen LogP contribution is -2.21. The summed E-state index contributed by atoms with van der Waals surface area (Å²) in [7, 11) is 1.78. The number of rotatable bonds is 2. The summed E-state index contributed by atoms with van der Waals surface area (Å²) in [6, 6.07) is 12.5. The van der Waals surface area contributed by atoms with Gasteiger partial charge in [0, 0.05) is 19.3 Å². The summed E-state index contributed by atoms with van der Waals surface area (Å²) >= 11 is 0. The maximum atomic E-state index is 11.4. The van der Waals surface area contributed by atoms with Gasteiger partial charge in [-0.3, -0.25) is 4.79 Å². The zero-order chi connectivity index (χ0) is 14.1. The van der Waals surface area contributed by atoms with Crippen molar-refractivity contribution in [2.24, 2.45) is 7.05 Å². The van der Waals surface area contributed by atoms with Crippen molar-refractivity contribution in [1.82, 2.24) is 4.57 Å². The number of hydrogen-bond acceptors (Lipinski definition) is 2. The Labute approximate surface area is 119 Å². The van der Waals surface area contributed by atoms with Crippen molar-refractivity contribution in [2.75, 3.05) is 5.32 Å². The first-order chi connectivity index (χ1) is 9.65. The Balaban J connectivity index is 1.90. The van der Waals surface area contributed by atoms with Crippen LogP contribution < -0.4 is 10.9 Å². The molecule has 3 nitrogen and oxygen atoms in total. The Morgan fingerprint density at radius 2 is 1.85 bits per heavy atom. The molecule has 1 aliphatic rings. The molecule has 3 rings (SSSR count). The van der Waals surface area contributed by atoms with E-state index >= 15 is 0 Å². The molecule has 2 aromatic rings. The first kappa shape index (κ1) is 13.0. The molecule has 1 N–H and O–H groups in total. The lowest BCUT2D eigenvalue weighted by molar-refractivity contribution is 0.534. The van der Waals surface area contributed by atoms with E-state index in [-0.39, 0.29) is 5.56 Å². The Hall–Kier alpha value is -2.03. The molecule has 0 bridgehead atoms. The average Bonchev–Trinajstić information content (AvgIpc) is 2.46. The van der Waals surface area contributed by atoms with Crippen molar-refractivity contribution in [1.29, 1.82) is 0 Å². The van der Waals surface area contributed by atoms with Gasteiger partial charge in [0.15, 0.2) is 0 Å². The fraction of sp³-hybridized carbons (Fsp3) is 0.353. The number of hydrogen-bond donors (Lipinski definition) is 1. The normalized spacial score (nSPS) is 21.3. The van der Waals surface area contributed by atoms with Gasteiger partial charge in [-0.05, 0) is 36.0 Å². The summed E-state index contributed by atoms with van der Waals surface area (Å²) in [4.78, 5) is 11.4. The van der Waals surface area contributed by atoms with E-state index in [1.165, 1.54) is 17.5 Å². The maximum absolute atomic E-state index is 11.4. The van der Waals surface area contributed by atoms with Crippen LogP contribution in [0.25, 0.3) is 0 Å². The van der Waals surface area contributed by atoms with Crippen LogP contribution >= 0.6 is 0 Å². The van der Waals surface area contributed by atoms with Gasteiger partial charge >= 0.3 is 0 Å². The van der Waals surface area contributed by atoms with Crippen LogP contribution in [0.2, 0.25) is 0 Å². The van der Waals surface area contributed by atoms with E-state index in [1.807, 2.05) is 12.3 Å². The maximum Gasteiger partial charge on any atom is 0.250 e. The number of benzene rings is 1. The first-order valence-corrected chi connectivity index (χ1v) is 7.17. The number of aromatic nitrogens is 1. The van der Waals surface area contributed by atoms with Crippen LogP contribution in [0.4, 0.5) is 5.69 Å². The third-order valence-electron chi connectivity index (χ3n) is 4.22. The molecule has 2 atom stereocenters. The molecule has 1 aliphatic carbocycles. The largest absolute Gasteiger partial charge is 0.377 e. The van der Waals surface area contributed by atoms with Crippen molar-refractivity contribution >= 4 is 5.69 Å². The van der Waals surface area contributed by atoms with Crippen LogP contribution in [0.5, 0.6) is 0 Å². The quantitative estimate of drug-likeness (QED) is 0.905. The molecule has 0 spiro atoms. The number of anilines is 1. The van der Waals surface area contributed by atoms with E-state index in [2.05, 4.69) is 36.5 Å². The molecule has 104 valence electrons. The lowest BCUT2D eigenvalue weighted by atomic mass is 9.81. The van der Waals surface area contributed by atoms with Gasteiger partial charge in [-0.15, -0.1) is 0 Å². The summed E-state index contributed by atoms with van der Waals surface area (Å²) in [6.45, 7) is 2.29. The number of nitrogens with one attached hydrogen (secondary N) is 1. The van der Waals surface area contributed by atoms with Gasteiger partial charge in [-0.1, -0.05) is 31.2 Å². The van der Waals surface area contributed by atoms with E-state index in [0.717, 1.165) is 12.1 Å². The molecule has 0 saturated heterocycles. The molecule has 1 heterocycles. The highest BCUT2D eigenvalue weighted by molar-refractivity contribution is 5.46. The lowest BCUT2D eigenvalue weighted by Gasteiger charge is -2.31. The van der Waals surface area contributed by atoms with Crippen molar-refractivity contribution in [3.05, 3.63) is 64.1 Å².